The van der Waals surface area contributed by atoms with Gasteiger partial charge in [0, 0.05) is 21.7 Å². The summed E-state index contributed by atoms with van der Waals surface area (Å²) >= 11 is 4.69. The molecule has 218 valence electrons. The van der Waals surface area contributed by atoms with E-state index in [0.717, 1.165) is 17.5 Å². The van der Waals surface area contributed by atoms with E-state index in [0.29, 0.717) is 19.0 Å². The number of carbonyl (C=O) groups is 1. The minimum atomic E-state index is -0.495. The number of rotatable bonds is 0. The highest BCUT2D eigenvalue weighted by atomic mass is 32.1. The largest absolute Gasteiger partial charge is 0.438 e. The lowest BCUT2D eigenvalue weighted by Gasteiger charge is -2.17. The lowest BCUT2D eigenvalue weighted by Crippen LogP contribution is -2.34. The number of aromatic amines is 2. The normalized spacial score (nSPS) is 15.1. The maximum Gasteiger partial charge on any atom is 0.438 e. The van der Waals surface area contributed by atoms with Crippen LogP contribution in [0.25, 0.3) is 0 Å². The minimum Gasteiger partial charge on any atom is -0.348 e. The Morgan fingerprint density at radius 1 is 0.795 bits per heavy atom. The molecule has 0 spiro atoms. The number of H-pyrrole nitrogens is 2. The summed E-state index contributed by atoms with van der Waals surface area (Å²) in [6.45, 7) is 25.1. The third-order valence-corrected chi connectivity index (χ3v) is 4.94. The molecule has 14 heteroatoms. The summed E-state index contributed by atoms with van der Waals surface area (Å²) in [5, 5.41) is 16.5. The second kappa shape index (κ2) is 13.2. The summed E-state index contributed by atoms with van der Waals surface area (Å²) < 4.78 is 9.10. The molecule has 0 bridgehead atoms. The topological polar surface area (TPSA) is 179 Å². The van der Waals surface area contributed by atoms with Crippen LogP contribution in [0.2, 0.25) is 0 Å². The van der Waals surface area contributed by atoms with Gasteiger partial charge >= 0.3 is 10.6 Å². The molecule has 0 saturated heterocycles. The minimum absolute atomic E-state index is 0.00456. The van der Waals surface area contributed by atoms with Crippen LogP contribution in [0.3, 0.4) is 0 Å². The van der Waals surface area contributed by atoms with Crippen molar-refractivity contribution in [3.05, 3.63) is 27.0 Å². The van der Waals surface area contributed by atoms with Crippen LogP contribution in [0.5, 0.6) is 0 Å². The van der Waals surface area contributed by atoms with Crippen LogP contribution >= 0.6 is 12.2 Å². The van der Waals surface area contributed by atoms with Gasteiger partial charge in [-0.05, 0) is 12.2 Å². The number of nitrogens with one attached hydrogen (secondary N) is 3. The standard InChI is InChI=1S/C7H12N2O.C6H11N3.C6H10N2O2.C6H10N2OS/c1-7(2,3)6-8-4-5(10)9-6;1-6(2,3)5-7-4-8-9-5;1-6(2,3)4-7-5(9)10-8-4;1-6(2,3)4-7-5(10)9-8-4/h4H2,1-3H3,(H,8,9,10);4H2,1-3H3;1-3H3,(H,7,8,9);1-3H3,(H,7,8,10). The highest BCUT2D eigenvalue weighted by Crippen LogP contribution is 2.20. The maximum absolute atomic E-state index is 10.7. The highest BCUT2D eigenvalue weighted by Gasteiger charge is 2.24. The number of amides is 1. The lowest BCUT2D eigenvalue weighted by molar-refractivity contribution is -0.117. The molecular formula is C25H43N9O4S. The Kier molecular flexibility index (Phi) is 11.4. The molecule has 0 saturated carbocycles. The number of hydrogen-bond donors (Lipinski definition) is 3. The summed E-state index contributed by atoms with van der Waals surface area (Å²) in [4.78, 5) is 36.0. The summed E-state index contributed by atoms with van der Waals surface area (Å²) in [5.41, 5.74) is -0.112. The average molecular weight is 566 g/mol. The molecule has 4 heterocycles. The van der Waals surface area contributed by atoms with Crippen LogP contribution < -0.4 is 11.1 Å². The molecule has 0 aliphatic carbocycles. The molecule has 2 aliphatic rings. The van der Waals surface area contributed by atoms with Gasteiger partial charge in [-0.1, -0.05) is 88.2 Å². The molecule has 3 N–H and O–H groups in total. The molecule has 0 aromatic carbocycles. The SMILES string of the molecule is CC(C)(C)C1=NCC(=O)N1.CC(C)(C)C1=NCN=N1.CC(C)(C)c1nc(=S)o[nH]1.CC(C)(C)c1noc(=O)[nH]1. The van der Waals surface area contributed by atoms with Crippen LogP contribution in [-0.4, -0.2) is 51.1 Å². The molecular weight excluding hydrogens is 522 g/mol. The summed E-state index contributed by atoms with van der Waals surface area (Å²) in [7, 11) is 0. The Morgan fingerprint density at radius 3 is 1.59 bits per heavy atom. The van der Waals surface area contributed by atoms with Gasteiger partial charge in [0.1, 0.15) is 18.2 Å². The average Bonchev–Trinajstić information content (AvgIpc) is 3.55. The number of aliphatic imine (C=N–C) groups is 2. The third kappa shape index (κ3) is 12.4. The number of nitrogens with zero attached hydrogens (tertiary/aromatic N) is 6. The van der Waals surface area contributed by atoms with Crippen molar-refractivity contribution in [3.8, 4) is 0 Å². The van der Waals surface area contributed by atoms with E-state index in [4.69, 9.17) is 16.7 Å². The zero-order valence-electron chi connectivity index (χ0n) is 25.1. The molecule has 39 heavy (non-hydrogen) atoms. The quantitative estimate of drug-likeness (QED) is 0.371. The van der Waals surface area contributed by atoms with Crippen molar-refractivity contribution < 1.29 is 13.8 Å². The van der Waals surface area contributed by atoms with E-state index in [1.807, 2.05) is 62.3 Å². The summed E-state index contributed by atoms with van der Waals surface area (Å²) in [6, 6.07) is 0. The monoisotopic (exact) mass is 565 g/mol. The van der Waals surface area contributed by atoms with Crippen LogP contribution in [-0.2, 0) is 15.6 Å². The predicted molar refractivity (Wildman–Crippen MR) is 153 cm³/mol. The van der Waals surface area contributed by atoms with E-state index in [-0.39, 0.29) is 32.4 Å². The van der Waals surface area contributed by atoms with Crippen molar-refractivity contribution >= 4 is 29.8 Å². The Morgan fingerprint density at radius 2 is 1.38 bits per heavy atom. The summed E-state index contributed by atoms with van der Waals surface area (Å²) in [6.07, 6.45) is 0. The number of aromatic nitrogens is 4. The van der Waals surface area contributed by atoms with E-state index in [1.54, 1.807) is 0 Å². The van der Waals surface area contributed by atoms with Gasteiger partial charge in [-0.25, -0.2) is 14.9 Å². The van der Waals surface area contributed by atoms with Crippen molar-refractivity contribution in [2.24, 2.45) is 31.0 Å². The first-order valence-corrected chi connectivity index (χ1v) is 12.9. The Balaban J connectivity index is 0.000000260. The molecule has 2 aliphatic heterocycles. The molecule has 2 aromatic heterocycles. The van der Waals surface area contributed by atoms with Crippen molar-refractivity contribution in [3.63, 3.8) is 0 Å². The second-order valence-corrected chi connectivity index (χ2v) is 13.3. The van der Waals surface area contributed by atoms with E-state index in [2.05, 4.69) is 71.1 Å². The van der Waals surface area contributed by atoms with Crippen molar-refractivity contribution in [2.75, 3.05) is 13.2 Å². The zero-order chi connectivity index (χ0) is 30.2. The molecule has 13 nitrogen and oxygen atoms in total. The van der Waals surface area contributed by atoms with Gasteiger partial charge in [-0.2, -0.15) is 10.1 Å². The second-order valence-electron chi connectivity index (χ2n) is 13.0. The van der Waals surface area contributed by atoms with Gasteiger partial charge in [0.2, 0.25) is 5.91 Å². The molecule has 0 radical (unpaired) electrons. The third-order valence-electron chi connectivity index (χ3n) is 4.77. The van der Waals surface area contributed by atoms with Crippen molar-refractivity contribution in [1.29, 1.82) is 0 Å². The fraction of sp³-hybridized carbons (Fsp3) is 0.720. The first kappa shape index (κ1) is 33.7. The molecule has 0 atom stereocenters. The maximum atomic E-state index is 10.7. The van der Waals surface area contributed by atoms with Gasteiger partial charge in [0.15, 0.2) is 18.3 Å². The molecule has 1 amide bonds. The summed E-state index contributed by atoms with van der Waals surface area (Å²) in [5.74, 6) is 2.55. The van der Waals surface area contributed by atoms with E-state index >= 15 is 0 Å². The van der Waals surface area contributed by atoms with E-state index in [1.165, 1.54) is 0 Å². The van der Waals surface area contributed by atoms with Gasteiger partial charge in [-0.15, -0.1) is 5.11 Å². The van der Waals surface area contributed by atoms with Gasteiger partial charge in [-0.3, -0.25) is 19.3 Å². The number of carbonyl (C=O) groups excluding carboxylic acids is 1. The number of hydrogen-bond acceptors (Lipinski definition) is 11. The van der Waals surface area contributed by atoms with Gasteiger partial charge < -0.3 is 9.84 Å². The van der Waals surface area contributed by atoms with Gasteiger partial charge in [0.05, 0.1) is 0 Å². The van der Waals surface area contributed by atoms with E-state index < -0.39 is 5.76 Å². The molecule has 2 aromatic rings. The fourth-order valence-corrected chi connectivity index (χ4v) is 2.64. The van der Waals surface area contributed by atoms with Crippen LogP contribution in [0.1, 0.15) is 94.7 Å². The fourth-order valence-electron chi connectivity index (χ4n) is 2.51. The first-order valence-electron chi connectivity index (χ1n) is 12.5. The molecule has 4 rings (SSSR count). The molecule has 0 fully saturated rings. The predicted octanol–water partition coefficient (Wildman–Crippen LogP) is 5.11. The smallest absolute Gasteiger partial charge is 0.348 e. The zero-order valence-corrected chi connectivity index (χ0v) is 26.0. The molecule has 0 unspecified atom stereocenters. The lowest BCUT2D eigenvalue weighted by atomic mass is 9.95. The van der Waals surface area contributed by atoms with E-state index in [9.17, 15) is 9.59 Å². The van der Waals surface area contributed by atoms with Crippen molar-refractivity contribution in [1.82, 2.24) is 25.6 Å². The highest BCUT2D eigenvalue weighted by molar-refractivity contribution is 7.71. The van der Waals surface area contributed by atoms with Crippen LogP contribution in [0, 0.1) is 15.7 Å². The Bertz CT molecular complexity index is 1230. The van der Waals surface area contributed by atoms with Crippen molar-refractivity contribution in [2.45, 2.75) is 93.9 Å². The first-order chi connectivity index (χ1) is 17.6. The Hall–Kier alpha value is -3.29. The van der Waals surface area contributed by atoms with Gasteiger partial charge in [0.25, 0.3) is 0 Å². The van der Waals surface area contributed by atoms with Crippen LogP contribution in [0.15, 0.2) is 34.1 Å². The number of amidine groups is 2. The Labute approximate surface area is 234 Å². The number of azo groups is 1. The van der Waals surface area contributed by atoms with Crippen LogP contribution in [0.4, 0.5) is 0 Å².